The number of carbonyl (C=O) groups is 3. The van der Waals surface area contributed by atoms with E-state index in [1.54, 1.807) is 0 Å². The molecule has 0 aromatic carbocycles. The summed E-state index contributed by atoms with van der Waals surface area (Å²) in [6.07, 6.45) is 13.4. The van der Waals surface area contributed by atoms with Crippen LogP contribution in [0.4, 0.5) is 0 Å². The molecule has 0 N–H and O–H groups in total. The highest BCUT2D eigenvalue weighted by atomic mass is 16.6. The van der Waals surface area contributed by atoms with Gasteiger partial charge in [0, 0.05) is 44.1 Å². The van der Waals surface area contributed by atoms with Crippen LogP contribution in [0.5, 0.6) is 0 Å². The van der Waals surface area contributed by atoms with E-state index < -0.39 is 40.3 Å². The van der Waals surface area contributed by atoms with E-state index in [0.29, 0.717) is 71.2 Å². The Morgan fingerprint density at radius 2 is 1.04 bits per heavy atom. The second-order valence-corrected chi connectivity index (χ2v) is 15.4. The van der Waals surface area contributed by atoms with Crippen molar-refractivity contribution in [3.63, 3.8) is 0 Å². The molecule has 0 rings (SSSR count). The zero-order chi connectivity index (χ0) is 40.8. The standard InChI is InChI=1S/C43H77BO9/c1-15-35(51-36(45)16-2)26-29-50-44(14)34-41(21-7,32-39(12,19-5)48-30-27-42(22-8,23-9)52-37(46)17-3)33-40(13,20-6)49-31-28-43(24-10,25-11)53-38(47)18-4/h16-18,35H,2-4,15,19-34H2,1,5-14H3. The maximum Gasteiger partial charge on any atom is 0.330 e. The smallest absolute Gasteiger partial charge is 0.330 e. The SMILES string of the molecule is C=CC(=O)OC(CC)CCOB(C)CC(CC)(CC(C)(CC)OCCC(CC)(CC)OC(=O)C=C)CC(C)(CC)OCCC(CC)(CC)OC(=O)C=C. The zero-order valence-corrected chi connectivity index (χ0v) is 35.7. The van der Waals surface area contributed by atoms with Crippen LogP contribution in [-0.2, 0) is 42.7 Å². The van der Waals surface area contributed by atoms with E-state index in [2.05, 4.69) is 61.2 Å². The van der Waals surface area contributed by atoms with E-state index in [4.69, 9.17) is 28.3 Å². The summed E-state index contributed by atoms with van der Waals surface area (Å²) in [5, 5.41) is 0. The summed E-state index contributed by atoms with van der Waals surface area (Å²) in [6, 6.07) is 0. The molecule has 53 heavy (non-hydrogen) atoms. The molecule has 0 spiro atoms. The van der Waals surface area contributed by atoms with Crippen molar-refractivity contribution in [3.05, 3.63) is 38.0 Å². The fraction of sp³-hybridized carbons (Fsp3) is 0.791. The Hall–Kier alpha value is -2.43. The van der Waals surface area contributed by atoms with Crippen LogP contribution in [0, 0.1) is 5.41 Å². The molecule has 9 nitrogen and oxygen atoms in total. The molecular weight excluding hydrogens is 671 g/mol. The van der Waals surface area contributed by atoms with Crippen LogP contribution in [0.25, 0.3) is 0 Å². The van der Waals surface area contributed by atoms with E-state index in [-0.39, 0.29) is 18.4 Å². The number of hydrogen-bond acceptors (Lipinski definition) is 9. The van der Waals surface area contributed by atoms with Gasteiger partial charge in [-0.3, -0.25) is 0 Å². The molecule has 0 amide bonds. The largest absolute Gasteiger partial charge is 0.459 e. The van der Waals surface area contributed by atoms with Crippen LogP contribution in [-0.4, -0.2) is 73.2 Å². The first-order valence-electron chi connectivity index (χ1n) is 20.4. The minimum atomic E-state index is -0.610. The predicted molar refractivity (Wildman–Crippen MR) is 217 cm³/mol. The number of hydrogen-bond donors (Lipinski definition) is 0. The summed E-state index contributed by atoms with van der Waals surface area (Å²) in [7, 11) is 0. The Kier molecular flexibility index (Phi) is 23.7. The summed E-state index contributed by atoms with van der Waals surface area (Å²) < 4.78 is 37.2. The van der Waals surface area contributed by atoms with Crippen molar-refractivity contribution in [2.24, 2.45) is 5.41 Å². The van der Waals surface area contributed by atoms with Gasteiger partial charge in [0.25, 0.3) is 6.92 Å². The van der Waals surface area contributed by atoms with Gasteiger partial charge in [0.2, 0.25) is 0 Å². The summed E-state index contributed by atoms with van der Waals surface area (Å²) in [5.41, 5.74) is -2.38. The molecule has 0 heterocycles. The number of rotatable bonds is 32. The third-order valence-corrected chi connectivity index (χ3v) is 11.8. The van der Waals surface area contributed by atoms with Crippen molar-refractivity contribution in [2.75, 3.05) is 19.8 Å². The molecule has 0 bridgehead atoms. The van der Waals surface area contributed by atoms with Crippen LogP contribution in [0.3, 0.4) is 0 Å². The molecule has 3 atom stereocenters. The third kappa shape index (κ3) is 17.7. The van der Waals surface area contributed by atoms with E-state index in [9.17, 15) is 14.4 Å². The van der Waals surface area contributed by atoms with Crippen molar-refractivity contribution in [2.45, 2.75) is 194 Å². The lowest BCUT2D eigenvalue weighted by Gasteiger charge is -2.47. The average molecular weight is 749 g/mol. The Morgan fingerprint density at radius 1 is 0.623 bits per heavy atom. The van der Waals surface area contributed by atoms with Gasteiger partial charge in [-0.2, -0.15) is 0 Å². The molecule has 10 heteroatoms. The first-order chi connectivity index (χ1) is 24.9. The van der Waals surface area contributed by atoms with Crippen LogP contribution in [0.1, 0.15) is 153 Å². The van der Waals surface area contributed by atoms with E-state index in [1.807, 2.05) is 34.6 Å². The Morgan fingerprint density at radius 3 is 1.36 bits per heavy atom. The average Bonchev–Trinajstić information content (AvgIpc) is 3.16. The molecule has 0 aromatic heterocycles. The molecule has 0 aliphatic rings. The van der Waals surface area contributed by atoms with Gasteiger partial charge in [0.15, 0.2) is 0 Å². The molecule has 0 saturated carbocycles. The van der Waals surface area contributed by atoms with Crippen molar-refractivity contribution in [1.82, 2.24) is 0 Å². The van der Waals surface area contributed by atoms with Gasteiger partial charge < -0.3 is 28.3 Å². The molecule has 0 aliphatic carbocycles. The number of esters is 3. The van der Waals surface area contributed by atoms with Gasteiger partial charge in [-0.05, 0) is 83.4 Å². The minimum absolute atomic E-state index is 0.0814. The number of ether oxygens (including phenoxy) is 5. The quantitative estimate of drug-likeness (QED) is 0.0288. The first-order valence-corrected chi connectivity index (χ1v) is 20.4. The Balaban J connectivity index is 6.40. The summed E-state index contributed by atoms with van der Waals surface area (Å²) >= 11 is 0. The van der Waals surface area contributed by atoms with Crippen LogP contribution in [0.2, 0.25) is 13.1 Å². The summed E-state index contributed by atoms with van der Waals surface area (Å²) in [4.78, 5) is 36.2. The number of carbonyl (C=O) groups excluding carboxylic acids is 3. The lowest BCUT2D eigenvalue weighted by molar-refractivity contribution is -0.159. The summed E-state index contributed by atoms with van der Waals surface area (Å²) in [5.74, 6) is -1.25. The molecule has 306 valence electrons. The highest BCUT2D eigenvalue weighted by Gasteiger charge is 2.45. The van der Waals surface area contributed by atoms with Crippen LogP contribution >= 0.6 is 0 Å². The first kappa shape index (κ1) is 50.6. The topological polar surface area (TPSA) is 107 Å². The molecule has 0 saturated heterocycles. The van der Waals surface area contributed by atoms with Crippen molar-refractivity contribution >= 4 is 24.8 Å². The zero-order valence-electron chi connectivity index (χ0n) is 35.7. The van der Waals surface area contributed by atoms with Gasteiger partial charge in [0.1, 0.15) is 17.3 Å². The molecule has 0 fully saturated rings. The second kappa shape index (κ2) is 24.9. The Bertz CT molecular complexity index is 1060. The molecule has 3 unspecified atom stereocenters. The molecule has 0 aromatic rings. The fourth-order valence-corrected chi connectivity index (χ4v) is 7.45. The van der Waals surface area contributed by atoms with Crippen LogP contribution in [0.15, 0.2) is 38.0 Å². The minimum Gasteiger partial charge on any atom is -0.459 e. The van der Waals surface area contributed by atoms with E-state index in [0.717, 1.165) is 38.4 Å². The van der Waals surface area contributed by atoms with Gasteiger partial charge in [0.05, 0.1) is 24.4 Å². The van der Waals surface area contributed by atoms with Crippen molar-refractivity contribution in [3.8, 4) is 0 Å². The van der Waals surface area contributed by atoms with Gasteiger partial charge in [-0.1, -0.05) is 88.4 Å². The maximum absolute atomic E-state index is 12.2. The summed E-state index contributed by atoms with van der Waals surface area (Å²) in [6.45, 7) is 35.2. The monoisotopic (exact) mass is 749 g/mol. The fourth-order valence-electron chi connectivity index (χ4n) is 7.45. The van der Waals surface area contributed by atoms with Gasteiger partial charge >= 0.3 is 17.9 Å². The lowest BCUT2D eigenvalue weighted by Crippen LogP contribution is -2.45. The molecule has 0 radical (unpaired) electrons. The van der Waals surface area contributed by atoms with E-state index in [1.165, 1.54) is 18.2 Å². The van der Waals surface area contributed by atoms with Crippen molar-refractivity contribution in [1.29, 1.82) is 0 Å². The maximum atomic E-state index is 12.2. The third-order valence-electron chi connectivity index (χ3n) is 11.8. The Labute approximate surface area is 324 Å². The highest BCUT2D eigenvalue weighted by molar-refractivity contribution is 6.50. The molecule has 0 aliphatic heterocycles. The second-order valence-electron chi connectivity index (χ2n) is 15.4. The highest BCUT2D eigenvalue weighted by Crippen LogP contribution is 2.48. The van der Waals surface area contributed by atoms with Crippen molar-refractivity contribution < 1.29 is 42.7 Å². The van der Waals surface area contributed by atoms with Gasteiger partial charge in [-0.25, -0.2) is 14.4 Å². The van der Waals surface area contributed by atoms with Gasteiger partial charge in [-0.15, -0.1) is 0 Å². The van der Waals surface area contributed by atoms with Crippen LogP contribution < -0.4 is 0 Å². The normalized spacial score (nSPS) is 15.9. The molecular formula is C43H77BO9. The predicted octanol–water partition coefficient (Wildman–Crippen LogP) is 10.4. The lowest BCUT2D eigenvalue weighted by atomic mass is 9.52. The van der Waals surface area contributed by atoms with E-state index >= 15 is 0 Å².